The van der Waals surface area contributed by atoms with Gasteiger partial charge in [0.05, 0.1) is 0 Å². The van der Waals surface area contributed by atoms with Gasteiger partial charge in [0, 0.05) is 18.9 Å². The zero-order valence-electron chi connectivity index (χ0n) is 10.5. The molecule has 1 aromatic rings. The number of rotatable bonds is 5. The maximum Gasteiger partial charge on any atom is 0.228 e. The van der Waals surface area contributed by atoms with Crippen LogP contribution in [0.5, 0.6) is 0 Å². The standard InChI is InChI=1S/C12H20N4O2/c13-7-9-3-1-2-4-10(9)12(17)14-6-5-11-15-8-16-18-11/h8-10H,1-7,13H2,(H,14,17). The minimum atomic E-state index is 0.0754. The van der Waals surface area contributed by atoms with Gasteiger partial charge in [-0.1, -0.05) is 18.0 Å². The van der Waals surface area contributed by atoms with E-state index >= 15 is 0 Å². The van der Waals surface area contributed by atoms with Crippen LogP contribution in [0.15, 0.2) is 10.9 Å². The minimum Gasteiger partial charge on any atom is -0.355 e. The molecule has 0 aliphatic heterocycles. The zero-order chi connectivity index (χ0) is 12.8. The number of aromatic nitrogens is 2. The molecule has 0 aromatic carbocycles. The molecule has 1 heterocycles. The van der Waals surface area contributed by atoms with E-state index in [0.717, 1.165) is 19.3 Å². The number of amides is 1. The van der Waals surface area contributed by atoms with Gasteiger partial charge in [-0.2, -0.15) is 4.98 Å². The Balaban J connectivity index is 1.76. The van der Waals surface area contributed by atoms with E-state index < -0.39 is 0 Å². The van der Waals surface area contributed by atoms with E-state index in [1.807, 2.05) is 0 Å². The van der Waals surface area contributed by atoms with Gasteiger partial charge in [0.25, 0.3) is 0 Å². The van der Waals surface area contributed by atoms with E-state index in [4.69, 9.17) is 10.3 Å². The first-order valence-corrected chi connectivity index (χ1v) is 6.54. The van der Waals surface area contributed by atoms with Gasteiger partial charge >= 0.3 is 0 Å². The first-order valence-electron chi connectivity index (χ1n) is 6.54. The number of carbonyl (C=O) groups is 1. The maximum absolute atomic E-state index is 12.1. The predicted octanol–water partition coefficient (Wildman–Crippen LogP) is 0.493. The van der Waals surface area contributed by atoms with Crippen LogP contribution in [-0.2, 0) is 11.2 Å². The fraction of sp³-hybridized carbons (Fsp3) is 0.750. The van der Waals surface area contributed by atoms with Crippen LogP contribution in [-0.4, -0.2) is 29.1 Å². The molecule has 6 heteroatoms. The number of hydrogen-bond donors (Lipinski definition) is 2. The van der Waals surface area contributed by atoms with Gasteiger partial charge in [-0.05, 0) is 25.3 Å². The summed E-state index contributed by atoms with van der Waals surface area (Å²) in [4.78, 5) is 16.0. The molecule has 1 amide bonds. The Morgan fingerprint density at radius 2 is 2.33 bits per heavy atom. The fourth-order valence-electron chi connectivity index (χ4n) is 2.56. The molecule has 0 spiro atoms. The molecule has 2 unspecified atom stereocenters. The fourth-order valence-corrected chi connectivity index (χ4v) is 2.56. The van der Waals surface area contributed by atoms with Crippen molar-refractivity contribution in [2.45, 2.75) is 32.1 Å². The summed E-state index contributed by atoms with van der Waals surface area (Å²) < 4.78 is 4.87. The van der Waals surface area contributed by atoms with Crippen molar-refractivity contribution in [2.75, 3.05) is 13.1 Å². The predicted molar refractivity (Wildman–Crippen MR) is 65.5 cm³/mol. The highest BCUT2D eigenvalue weighted by Gasteiger charge is 2.29. The monoisotopic (exact) mass is 252 g/mol. The number of hydrogen-bond acceptors (Lipinski definition) is 5. The molecule has 0 saturated heterocycles. The Hall–Kier alpha value is -1.43. The number of nitrogens with one attached hydrogen (secondary N) is 1. The molecule has 1 fully saturated rings. The average Bonchev–Trinajstić information content (AvgIpc) is 2.91. The Bertz CT molecular complexity index is 366. The molecule has 2 atom stereocenters. The van der Waals surface area contributed by atoms with Crippen LogP contribution in [0.1, 0.15) is 31.6 Å². The van der Waals surface area contributed by atoms with Gasteiger partial charge in [-0.3, -0.25) is 4.79 Å². The van der Waals surface area contributed by atoms with Crippen molar-refractivity contribution in [1.29, 1.82) is 0 Å². The number of carbonyl (C=O) groups excluding carboxylic acids is 1. The van der Waals surface area contributed by atoms with Crippen molar-refractivity contribution < 1.29 is 9.32 Å². The van der Waals surface area contributed by atoms with Crippen molar-refractivity contribution >= 4 is 5.91 Å². The molecule has 18 heavy (non-hydrogen) atoms. The third kappa shape index (κ3) is 3.29. The summed E-state index contributed by atoms with van der Waals surface area (Å²) in [5.74, 6) is 1.08. The van der Waals surface area contributed by atoms with Gasteiger partial charge in [0.15, 0.2) is 6.33 Å². The molecule has 0 bridgehead atoms. The van der Waals surface area contributed by atoms with Gasteiger partial charge in [-0.15, -0.1) is 0 Å². The second-order valence-corrected chi connectivity index (χ2v) is 4.76. The lowest BCUT2D eigenvalue weighted by Gasteiger charge is -2.29. The van der Waals surface area contributed by atoms with Crippen LogP contribution in [0.3, 0.4) is 0 Å². The Morgan fingerprint density at radius 1 is 1.50 bits per heavy atom. The second kappa shape index (κ2) is 6.49. The van der Waals surface area contributed by atoms with E-state index in [0.29, 0.717) is 31.3 Å². The molecule has 1 aliphatic rings. The van der Waals surface area contributed by atoms with Crippen LogP contribution in [0.2, 0.25) is 0 Å². The zero-order valence-corrected chi connectivity index (χ0v) is 10.5. The molecule has 100 valence electrons. The SMILES string of the molecule is NCC1CCCCC1C(=O)NCCc1ncno1. The summed E-state index contributed by atoms with van der Waals surface area (Å²) in [5, 5.41) is 6.45. The molecule has 2 rings (SSSR count). The molecular formula is C12H20N4O2. The van der Waals surface area contributed by atoms with Crippen LogP contribution < -0.4 is 11.1 Å². The van der Waals surface area contributed by atoms with Gasteiger partial charge in [-0.25, -0.2) is 0 Å². The lowest BCUT2D eigenvalue weighted by atomic mass is 9.79. The van der Waals surface area contributed by atoms with E-state index in [1.54, 1.807) is 0 Å². The summed E-state index contributed by atoms with van der Waals surface area (Å²) in [6, 6.07) is 0. The highest BCUT2D eigenvalue weighted by molar-refractivity contribution is 5.79. The average molecular weight is 252 g/mol. The van der Waals surface area contributed by atoms with Crippen molar-refractivity contribution in [3.8, 4) is 0 Å². The van der Waals surface area contributed by atoms with Crippen molar-refractivity contribution in [1.82, 2.24) is 15.5 Å². The molecule has 1 aliphatic carbocycles. The normalized spacial score (nSPS) is 23.8. The maximum atomic E-state index is 12.1. The molecule has 1 saturated carbocycles. The smallest absolute Gasteiger partial charge is 0.228 e. The summed E-state index contributed by atoms with van der Waals surface area (Å²) in [5.41, 5.74) is 5.72. The summed E-state index contributed by atoms with van der Waals surface area (Å²) in [7, 11) is 0. The molecule has 1 aromatic heterocycles. The number of nitrogens with two attached hydrogens (primary N) is 1. The highest BCUT2D eigenvalue weighted by atomic mass is 16.5. The van der Waals surface area contributed by atoms with Gasteiger partial charge < -0.3 is 15.6 Å². The van der Waals surface area contributed by atoms with Crippen LogP contribution in [0.25, 0.3) is 0 Å². The molecule has 6 nitrogen and oxygen atoms in total. The lowest BCUT2D eigenvalue weighted by molar-refractivity contribution is -0.127. The number of nitrogens with zero attached hydrogens (tertiary/aromatic N) is 2. The third-order valence-corrected chi connectivity index (χ3v) is 3.59. The Labute approximate surface area is 106 Å². The van der Waals surface area contributed by atoms with Crippen molar-refractivity contribution in [3.63, 3.8) is 0 Å². The van der Waals surface area contributed by atoms with E-state index in [1.165, 1.54) is 12.7 Å². The lowest BCUT2D eigenvalue weighted by Crippen LogP contribution is -2.40. The highest BCUT2D eigenvalue weighted by Crippen LogP contribution is 2.29. The summed E-state index contributed by atoms with van der Waals surface area (Å²) >= 11 is 0. The molecule has 3 N–H and O–H groups in total. The van der Waals surface area contributed by atoms with E-state index in [-0.39, 0.29) is 11.8 Å². The van der Waals surface area contributed by atoms with E-state index in [9.17, 15) is 4.79 Å². The quantitative estimate of drug-likeness (QED) is 0.795. The molecule has 0 radical (unpaired) electrons. The van der Waals surface area contributed by atoms with Gasteiger partial charge in [0.2, 0.25) is 11.8 Å². The first kappa shape index (κ1) is 13.0. The largest absolute Gasteiger partial charge is 0.355 e. The van der Waals surface area contributed by atoms with Crippen LogP contribution in [0, 0.1) is 11.8 Å². The Morgan fingerprint density at radius 3 is 3.06 bits per heavy atom. The summed E-state index contributed by atoms with van der Waals surface area (Å²) in [6.07, 6.45) is 6.27. The van der Waals surface area contributed by atoms with Crippen LogP contribution >= 0.6 is 0 Å². The topological polar surface area (TPSA) is 94.0 Å². The Kier molecular flexibility index (Phi) is 4.69. The van der Waals surface area contributed by atoms with Crippen molar-refractivity contribution in [2.24, 2.45) is 17.6 Å². The minimum absolute atomic E-state index is 0.0754. The third-order valence-electron chi connectivity index (χ3n) is 3.59. The van der Waals surface area contributed by atoms with Crippen molar-refractivity contribution in [3.05, 3.63) is 12.2 Å². The van der Waals surface area contributed by atoms with Crippen LogP contribution in [0.4, 0.5) is 0 Å². The second-order valence-electron chi connectivity index (χ2n) is 4.76. The van der Waals surface area contributed by atoms with Gasteiger partial charge in [0.1, 0.15) is 0 Å². The summed E-state index contributed by atoms with van der Waals surface area (Å²) in [6.45, 7) is 1.14. The first-order chi connectivity index (χ1) is 8.81. The van der Waals surface area contributed by atoms with E-state index in [2.05, 4.69) is 15.5 Å². The molecular weight excluding hydrogens is 232 g/mol.